The molecule has 0 aromatic heterocycles. The van der Waals surface area contributed by atoms with Gasteiger partial charge < -0.3 is 24.4 Å². The number of aromatic hydroxyl groups is 2. The maximum atomic E-state index is 11.7. The van der Waals surface area contributed by atoms with Gasteiger partial charge in [0.15, 0.2) is 11.5 Å². The van der Waals surface area contributed by atoms with E-state index in [-0.39, 0.29) is 18.1 Å². The molecule has 0 bridgehead atoms. The third kappa shape index (κ3) is 5.17. The number of carbonyl (C=O) groups is 1. The van der Waals surface area contributed by atoms with Gasteiger partial charge in [-0.1, -0.05) is 12.1 Å². The molecule has 6 heteroatoms. The monoisotopic (exact) mass is 344 g/mol. The number of hydrogen-bond acceptors (Lipinski definition) is 6. The first-order valence-corrected chi connectivity index (χ1v) is 7.61. The van der Waals surface area contributed by atoms with E-state index in [0.29, 0.717) is 23.5 Å². The molecule has 0 aliphatic rings. The Morgan fingerprint density at radius 3 is 2.52 bits per heavy atom. The third-order valence-corrected chi connectivity index (χ3v) is 3.52. The number of esters is 1. The van der Waals surface area contributed by atoms with Crippen LogP contribution >= 0.6 is 0 Å². The molecule has 2 aromatic rings. The zero-order chi connectivity index (χ0) is 18.2. The van der Waals surface area contributed by atoms with Crippen LogP contribution in [0.25, 0.3) is 6.08 Å². The van der Waals surface area contributed by atoms with E-state index in [4.69, 9.17) is 14.2 Å². The van der Waals surface area contributed by atoms with Crippen molar-refractivity contribution in [2.45, 2.75) is 6.42 Å². The zero-order valence-electron chi connectivity index (χ0n) is 14.1. The van der Waals surface area contributed by atoms with Crippen molar-refractivity contribution in [3.05, 3.63) is 53.6 Å². The lowest BCUT2D eigenvalue weighted by Gasteiger charge is -2.10. The van der Waals surface area contributed by atoms with Crippen LogP contribution in [-0.4, -0.2) is 37.0 Å². The van der Waals surface area contributed by atoms with Gasteiger partial charge in [0.1, 0.15) is 11.5 Å². The van der Waals surface area contributed by atoms with E-state index in [1.807, 2.05) is 12.1 Å². The number of ether oxygens (including phenoxy) is 3. The number of methoxy groups -OCH3 is 2. The maximum absolute atomic E-state index is 11.7. The molecule has 0 spiro atoms. The van der Waals surface area contributed by atoms with E-state index in [1.165, 1.54) is 24.3 Å². The van der Waals surface area contributed by atoms with E-state index in [2.05, 4.69) is 0 Å². The van der Waals surface area contributed by atoms with Crippen LogP contribution in [0.15, 0.2) is 42.5 Å². The topological polar surface area (TPSA) is 85.2 Å². The highest BCUT2D eigenvalue weighted by Crippen LogP contribution is 2.26. The fourth-order valence-corrected chi connectivity index (χ4v) is 2.18. The molecule has 6 nitrogen and oxygen atoms in total. The smallest absolute Gasteiger partial charge is 0.330 e. The van der Waals surface area contributed by atoms with Crippen LogP contribution in [0.5, 0.6) is 23.0 Å². The molecule has 0 aliphatic carbocycles. The van der Waals surface area contributed by atoms with Crippen LogP contribution in [0.1, 0.15) is 11.1 Å². The van der Waals surface area contributed by atoms with Gasteiger partial charge in [-0.15, -0.1) is 0 Å². The minimum Gasteiger partial charge on any atom is -0.504 e. The molecule has 0 fully saturated rings. The predicted octanol–water partition coefficient (Wildman–Crippen LogP) is 2.91. The summed E-state index contributed by atoms with van der Waals surface area (Å²) in [4.78, 5) is 11.7. The first-order valence-electron chi connectivity index (χ1n) is 7.61. The zero-order valence-corrected chi connectivity index (χ0v) is 14.1. The van der Waals surface area contributed by atoms with Gasteiger partial charge in [0.05, 0.1) is 20.8 Å². The molecule has 2 N–H and O–H groups in total. The summed E-state index contributed by atoms with van der Waals surface area (Å²) >= 11 is 0. The Kier molecular flexibility index (Phi) is 6.28. The fraction of sp³-hybridized carbons (Fsp3) is 0.211. The largest absolute Gasteiger partial charge is 0.504 e. The van der Waals surface area contributed by atoms with Gasteiger partial charge >= 0.3 is 5.97 Å². The number of rotatable bonds is 7. The third-order valence-electron chi connectivity index (χ3n) is 3.52. The fourth-order valence-electron chi connectivity index (χ4n) is 2.18. The highest BCUT2D eigenvalue weighted by Gasteiger charge is 2.06. The van der Waals surface area contributed by atoms with Crippen LogP contribution < -0.4 is 9.47 Å². The molecular weight excluding hydrogens is 324 g/mol. The molecule has 0 heterocycles. The van der Waals surface area contributed by atoms with Crippen LogP contribution in [0.3, 0.4) is 0 Å². The first-order chi connectivity index (χ1) is 12.0. The van der Waals surface area contributed by atoms with Gasteiger partial charge in [0.25, 0.3) is 0 Å². The molecule has 0 amide bonds. The van der Waals surface area contributed by atoms with E-state index in [1.54, 1.807) is 26.4 Å². The quantitative estimate of drug-likeness (QED) is 0.456. The molecule has 0 atom stereocenters. The van der Waals surface area contributed by atoms with Crippen molar-refractivity contribution in [3.8, 4) is 23.0 Å². The second kappa shape index (κ2) is 8.63. The predicted molar refractivity (Wildman–Crippen MR) is 93.0 cm³/mol. The van der Waals surface area contributed by atoms with Crippen LogP contribution in [-0.2, 0) is 16.0 Å². The Hall–Kier alpha value is -3.15. The molecule has 2 rings (SSSR count). The lowest BCUT2D eigenvalue weighted by molar-refractivity contribution is -0.137. The SMILES string of the molecule is COc1ccc(CCOC(=O)/C=C/c2ccc(O)c(O)c2)c(OC)c1. The average Bonchev–Trinajstić information content (AvgIpc) is 2.62. The maximum Gasteiger partial charge on any atom is 0.330 e. The Labute approximate surface area is 145 Å². The van der Waals surface area contributed by atoms with Gasteiger partial charge in [-0.25, -0.2) is 4.79 Å². The normalized spacial score (nSPS) is 10.6. The highest BCUT2D eigenvalue weighted by atomic mass is 16.5. The van der Waals surface area contributed by atoms with Crippen molar-refractivity contribution < 1.29 is 29.2 Å². The second-order valence-corrected chi connectivity index (χ2v) is 5.18. The second-order valence-electron chi connectivity index (χ2n) is 5.18. The summed E-state index contributed by atoms with van der Waals surface area (Å²) in [5.74, 6) is 0.401. The van der Waals surface area contributed by atoms with Crippen LogP contribution in [0.4, 0.5) is 0 Å². The van der Waals surface area contributed by atoms with Crippen LogP contribution in [0.2, 0.25) is 0 Å². The van der Waals surface area contributed by atoms with Crippen molar-refractivity contribution in [3.63, 3.8) is 0 Å². The number of phenolic OH excluding ortho intramolecular Hbond substituents is 2. The Balaban J connectivity index is 1.88. The molecule has 2 aromatic carbocycles. The van der Waals surface area contributed by atoms with Gasteiger partial charge in [0, 0.05) is 18.6 Å². The summed E-state index contributed by atoms with van der Waals surface area (Å²) in [7, 11) is 3.15. The minimum atomic E-state index is -0.500. The Bertz CT molecular complexity index is 767. The van der Waals surface area contributed by atoms with Crippen molar-refractivity contribution in [1.29, 1.82) is 0 Å². The van der Waals surface area contributed by atoms with Gasteiger partial charge in [0.2, 0.25) is 0 Å². The summed E-state index contributed by atoms with van der Waals surface area (Å²) in [5, 5.41) is 18.6. The molecule has 0 saturated carbocycles. The highest BCUT2D eigenvalue weighted by molar-refractivity contribution is 5.87. The summed E-state index contributed by atoms with van der Waals surface area (Å²) in [6, 6.07) is 9.71. The summed E-state index contributed by atoms with van der Waals surface area (Å²) in [5.41, 5.74) is 1.48. The molecule has 0 aliphatic heterocycles. The van der Waals surface area contributed by atoms with Crippen LogP contribution in [0, 0.1) is 0 Å². The van der Waals surface area contributed by atoms with E-state index >= 15 is 0 Å². The molecule has 0 radical (unpaired) electrons. The lowest BCUT2D eigenvalue weighted by atomic mass is 10.1. The molecule has 0 saturated heterocycles. The number of benzene rings is 2. The molecule has 0 unspecified atom stereocenters. The summed E-state index contributed by atoms with van der Waals surface area (Å²) < 4.78 is 15.6. The lowest BCUT2D eigenvalue weighted by Crippen LogP contribution is -2.05. The van der Waals surface area contributed by atoms with E-state index in [9.17, 15) is 15.0 Å². The standard InChI is InChI=1S/C19H20O6/c1-23-15-6-5-14(18(12-15)24-2)9-10-25-19(22)8-4-13-3-7-16(20)17(21)11-13/h3-8,11-12,20-21H,9-10H2,1-2H3/b8-4+. The van der Waals surface area contributed by atoms with Crippen molar-refractivity contribution >= 4 is 12.0 Å². The van der Waals surface area contributed by atoms with Gasteiger partial charge in [-0.05, 0) is 35.4 Å². The van der Waals surface area contributed by atoms with Gasteiger partial charge in [-0.2, -0.15) is 0 Å². The number of hydrogen-bond donors (Lipinski definition) is 2. The summed E-state index contributed by atoms with van der Waals surface area (Å²) in [6.07, 6.45) is 3.26. The molecular formula is C19H20O6. The molecule has 25 heavy (non-hydrogen) atoms. The minimum absolute atomic E-state index is 0.201. The van der Waals surface area contributed by atoms with E-state index < -0.39 is 5.97 Å². The van der Waals surface area contributed by atoms with Gasteiger partial charge in [-0.3, -0.25) is 0 Å². The van der Waals surface area contributed by atoms with Crippen molar-refractivity contribution in [2.75, 3.05) is 20.8 Å². The average molecular weight is 344 g/mol. The first kappa shape index (κ1) is 18.2. The van der Waals surface area contributed by atoms with E-state index in [0.717, 1.165) is 5.56 Å². The number of carbonyl (C=O) groups excluding carboxylic acids is 1. The molecule has 132 valence electrons. The summed E-state index contributed by atoms with van der Waals surface area (Å²) in [6.45, 7) is 0.201. The Morgan fingerprint density at radius 2 is 1.84 bits per heavy atom. The van der Waals surface area contributed by atoms with Crippen molar-refractivity contribution in [2.24, 2.45) is 0 Å². The Morgan fingerprint density at radius 1 is 1.04 bits per heavy atom. The number of phenols is 2. The van der Waals surface area contributed by atoms with Crippen molar-refractivity contribution in [1.82, 2.24) is 0 Å².